The Kier molecular flexibility index (Phi) is 5.02. The molecule has 5 heteroatoms. The van der Waals surface area contributed by atoms with Crippen molar-refractivity contribution in [2.75, 3.05) is 26.2 Å². The zero-order valence-electron chi connectivity index (χ0n) is 12.7. The van der Waals surface area contributed by atoms with Crippen molar-refractivity contribution in [2.45, 2.75) is 52.0 Å². The average Bonchev–Trinajstić information content (AvgIpc) is 2.85. The third-order valence-electron chi connectivity index (χ3n) is 4.68. The van der Waals surface area contributed by atoms with Crippen LogP contribution in [0.15, 0.2) is 0 Å². The Balaban J connectivity index is 1.87. The molecule has 2 N–H and O–H groups in total. The highest BCUT2D eigenvalue weighted by Gasteiger charge is 2.33. The maximum Gasteiger partial charge on any atom is 0.242 e. The molecule has 2 aliphatic heterocycles. The van der Waals surface area contributed by atoms with Gasteiger partial charge in [-0.15, -0.1) is 0 Å². The molecule has 0 radical (unpaired) electrons. The zero-order valence-corrected chi connectivity index (χ0v) is 12.7. The van der Waals surface area contributed by atoms with Crippen molar-refractivity contribution in [3.05, 3.63) is 0 Å². The Morgan fingerprint density at radius 3 is 2.70 bits per heavy atom. The van der Waals surface area contributed by atoms with Gasteiger partial charge in [0.2, 0.25) is 11.8 Å². The van der Waals surface area contributed by atoms with E-state index in [0.717, 1.165) is 38.9 Å². The van der Waals surface area contributed by atoms with Crippen molar-refractivity contribution in [3.8, 4) is 0 Å². The molecule has 2 amide bonds. The molecule has 1 atom stereocenters. The van der Waals surface area contributed by atoms with Crippen LogP contribution in [-0.4, -0.2) is 48.9 Å². The van der Waals surface area contributed by atoms with Gasteiger partial charge in [-0.3, -0.25) is 9.59 Å². The number of nitrogens with zero attached hydrogens (tertiary/aromatic N) is 1. The molecule has 0 aromatic heterocycles. The molecular formula is C15H27N3O2. The normalized spacial score (nSPS) is 23.7. The lowest BCUT2D eigenvalue weighted by Gasteiger charge is -2.35. The lowest BCUT2D eigenvalue weighted by Crippen LogP contribution is -2.50. The second kappa shape index (κ2) is 6.57. The average molecular weight is 281 g/mol. The van der Waals surface area contributed by atoms with Crippen LogP contribution in [0.5, 0.6) is 0 Å². The van der Waals surface area contributed by atoms with Crippen LogP contribution >= 0.6 is 0 Å². The van der Waals surface area contributed by atoms with E-state index in [2.05, 4.69) is 17.6 Å². The molecule has 2 rings (SSSR count). The third kappa shape index (κ3) is 3.51. The van der Waals surface area contributed by atoms with E-state index in [1.54, 1.807) is 4.90 Å². The number of carbonyl (C=O) groups is 2. The van der Waals surface area contributed by atoms with Gasteiger partial charge in [0.15, 0.2) is 0 Å². The first-order valence-corrected chi connectivity index (χ1v) is 7.84. The molecule has 20 heavy (non-hydrogen) atoms. The highest BCUT2D eigenvalue weighted by molar-refractivity contribution is 5.88. The van der Waals surface area contributed by atoms with E-state index in [1.807, 2.05) is 6.92 Å². The molecule has 2 aliphatic rings. The second-order valence-electron chi connectivity index (χ2n) is 6.39. The molecule has 0 aliphatic carbocycles. The Morgan fingerprint density at radius 2 is 2.15 bits per heavy atom. The SMILES string of the molecule is CCC(C(=O)NCC1(C)CCNCC1)N1CCCC1=O. The van der Waals surface area contributed by atoms with Crippen LogP contribution in [-0.2, 0) is 9.59 Å². The van der Waals surface area contributed by atoms with Crippen LogP contribution in [0.2, 0.25) is 0 Å². The molecule has 1 unspecified atom stereocenters. The van der Waals surface area contributed by atoms with Gasteiger partial charge in [-0.1, -0.05) is 13.8 Å². The highest BCUT2D eigenvalue weighted by Crippen LogP contribution is 2.27. The minimum Gasteiger partial charge on any atom is -0.354 e. The zero-order chi connectivity index (χ0) is 14.6. The molecule has 5 nitrogen and oxygen atoms in total. The molecule has 114 valence electrons. The van der Waals surface area contributed by atoms with Gasteiger partial charge in [-0.25, -0.2) is 0 Å². The van der Waals surface area contributed by atoms with Crippen molar-refractivity contribution in [2.24, 2.45) is 5.41 Å². The van der Waals surface area contributed by atoms with Crippen molar-refractivity contribution in [1.82, 2.24) is 15.5 Å². The van der Waals surface area contributed by atoms with Crippen molar-refractivity contribution in [1.29, 1.82) is 0 Å². The fraction of sp³-hybridized carbons (Fsp3) is 0.867. The molecule has 0 saturated carbocycles. The second-order valence-corrected chi connectivity index (χ2v) is 6.39. The molecule has 2 fully saturated rings. The van der Waals surface area contributed by atoms with Crippen LogP contribution in [0, 0.1) is 5.41 Å². The van der Waals surface area contributed by atoms with E-state index in [9.17, 15) is 9.59 Å². The molecule has 0 aromatic carbocycles. The lowest BCUT2D eigenvalue weighted by molar-refractivity contribution is -0.137. The Morgan fingerprint density at radius 1 is 1.45 bits per heavy atom. The minimum atomic E-state index is -0.282. The summed E-state index contributed by atoms with van der Waals surface area (Å²) >= 11 is 0. The largest absolute Gasteiger partial charge is 0.354 e. The lowest BCUT2D eigenvalue weighted by atomic mass is 9.81. The number of amides is 2. The first-order chi connectivity index (χ1) is 9.56. The summed E-state index contributed by atoms with van der Waals surface area (Å²) in [6.45, 7) is 7.69. The van der Waals surface area contributed by atoms with Gasteiger partial charge in [-0.2, -0.15) is 0 Å². The van der Waals surface area contributed by atoms with Gasteiger partial charge in [0.05, 0.1) is 0 Å². The summed E-state index contributed by atoms with van der Waals surface area (Å²) in [5.41, 5.74) is 0.189. The van der Waals surface area contributed by atoms with Gasteiger partial charge in [0, 0.05) is 19.5 Å². The fourth-order valence-electron chi connectivity index (χ4n) is 3.17. The molecule has 0 aromatic rings. The minimum absolute atomic E-state index is 0.0162. The van der Waals surface area contributed by atoms with Crippen LogP contribution < -0.4 is 10.6 Å². The van der Waals surface area contributed by atoms with E-state index in [4.69, 9.17) is 0 Å². The van der Waals surface area contributed by atoms with Crippen LogP contribution in [0.4, 0.5) is 0 Å². The van der Waals surface area contributed by atoms with Crippen molar-refractivity contribution >= 4 is 11.8 Å². The van der Waals surface area contributed by atoms with E-state index in [1.165, 1.54) is 0 Å². The Hall–Kier alpha value is -1.10. The van der Waals surface area contributed by atoms with E-state index in [-0.39, 0.29) is 23.3 Å². The fourth-order valence-corrected chi connectivity index (χ4v) is 3.17. The van der Waals surface area contributed by atoms with Crippen LogP contribution in [0.25, 0.3) is 0 Å². The smallest absolute Gasteiger partial charge is 0.242 e. The summed E-state index contributed by atoms with van der Waals surface area (Å²) in [4.78, 5) is 25.9. The monoisotopic (exact) mass is 281 g/mol. The maximum absolute atomic E-state index is 12.4. The summed E-state index contributed by atoms with van der Waals surface area (Å²) in [5, 5.41) is 6.43. The standard InChI is InChI=1S/C15H27N3O2/c1-3-12(18-10-4-5-13(18)19)14(20)17-11-15(2)6-8-16-9-7-15/h12,16H,3-11H2,1-2H3,(H,17,20). The van der Waals surface area contributed by atoms with Crippen LogP contribution in [0.3, 0.4) is 0 Å². The van der Waals surface area contributed by atoms with E-state index >= 15 is 0 Å². The number of nitrogens with one attached hydrogen (secondary N) is 2. The van der Waals surface area contributed by atoms with E-state index < -0.39 is 0 Å². The molecule has 2 heterocycles. The number of hydrogen-bond acceptors (Lipinski definition) is 3. The topological polar surface area (TPSA) is 61.4 Å². The van der Waals surface area contributed by atoms with E-state index in [0.29, 0.717) is 19.4 Å². The summed E-state index contributed by atoms with van der Waals surface area (Å²) in [7, 11) is 0. The van der Waals surface area contributed by atoms with Gasteiger partial charge < -0.3 is 15.5 Å². The number of carbonyl (C=O) groups excluding carboxylic acids is 2. The summed E-state index contributed by atoms with van der Waals surface area (Å²) in [6, 6.07) is -0.282. The number of piperidine rings is 1. The predicted molar refractivity (Wildman–Crippen MR) is 78.2 cm³/mol. The van der Waals surface area contributed by atoms with Gasteiger partial charge in [0.25, 0.3) is 0 Å². The summed E-state index contributed by atoms with van der Waals surface area (Å²) < 4.78 is 0. The Bertz CT molecular complexity index is 364. The van der Waals surface area contributed by atoms with Crippen LogP contribution in [0.1, 0.15) is 46.0 Å². The van der Waals surface area contributed by atoms with Crippen molar-refractivity contribution in [3.63, 3.8) is 0 Å². The number of likely N-dealkylation sites (tertiary alicyclic amines) is 1. The first kappa shape index (κ1) is 15.3. The third-order valence-corrected chi connectivity index (χ3v) is 4.68. The molecule has 0 spiro atoms. The quantitative estimate of drug-likeness (QED) is 0.787. The maximum atomic E-state index is 12.4. The highest BCUT2D eigenvalue weighted by atomic mass is 16.2. The molecular weight excluding hydrogens is 254 g/mol. The van der Waals surface area contributed by atoms with Crippen molar-refractivity contribution < 1.29 is 9.59 Å². The first-order valence-electron chi connectivity index (χ1n) is 7.84. The number of rotatable bonds is 5. The Labute approximate surface area is 121 Å². The molecule has 0 bridgehead atoms. The van der Waals surface area contributed by atoms with Gasteiger partial charge in [0.1, 0.15) is 6.04 Å². The summed E-state index contributed by atoms with van der Waals surface area (Å²) in [5.74, 6) is 0.141. The molecule has 2 saturated heterocycles. The number of hydrogen-bond donors (Lipinski definition) is 2. The van der Waals surface area contributed by atoms with Gasteiger partial charge >= 0.3 is 0 Å². The van der Waals surface area contributed by atoms with Gasteiger partial charge in [-0.05, 0) is 44.2 Å². The summed E-state index contributed by atoms with van der Waals surface area (Å²) in [6.07, 6.45) is 4.34. The predicted octanol–water partition coefficient (Wildman–Crippen LogP) is 0.893.